The third-order valence-corrected chi connectivity index (χ3v) is 5.19. The van der Waals surface area contributed by atoms with E-state index >= 15 is 0 Å². The van der Waals surface area contributed by atoms with Crippen LogP contribution in [0.5, 0.6) is 0 Å². The maximum absolute atomic E-state index is 3.79. The molecule has 0 bridgehead atoms. The first kappa shape index (κ1) is 13.2. The van der Waals surface area contributed by atoms with Gasteiger partial charge in [-0.05, 0) is 62.5 Å². The fourth-order valence-electron chi connectivity index (χ4n) is 3.74. The molecule has 0 amide bonds. The Morgan fingerprint density at radius 1 is 1.05 bits per heavy atom. The molecule has 0 heterocycles. The molecule has 1 N–H and O–H groups in total. The van der Waals surface area contributed by atoms with E-state index in [-0.39, 0.29) is 0 Å². The molecule has 2 saturated carbocycles. The summed E-state index contributed by atoms with van der Waals surface area (Å²) in [4.78, 5) is 0. The van der Waals surface area contributed by atoms with Gasteiger partial charge in [0.2, 0.25) is 0 Å². The summed E-state index contributed by atoms with van der Waals surface area (Å²) < 4.78 is 0. The largest absolute Gasteiger partial charge is 0.314 e. The Labute approximate surface area is 117 Å². The summed E-state index contributed by atoms with van der Waals surface area (Å²) in [7, 11) is 0. The van der Waals surface area contributed by atoms with Crippen molar-refractivity contribution in [3.05, 3.63) is 35.4 Å². The molecule has 2 fully saturated rings. The van der Waals surface area contributed by atoms with Gasteiger partial charge in [-0.25, -0.2) is 0 Å². The van der Waals surface area contributed by atoms with E-state index < -0.39 is 0 Å². The monoisotopic (exact) mass is 257 g/mol. The minimum absolute atomic E-state index is 0.780. The zero-order valence-electron chi connectivity index (χ0n) is 12.4. The van der Waals surface area contributed by atoms with E-state index in [1.807, 2.05) is 0 Å². The molecule has 19 heavy (non-hydrogen) atoms. The van der Waals surface area contributed by atoms with Gasteiger partial charge in [-0.15, -0.1) is 0 Å². The van der Waals surface area contributed by atoms with Gasteiger partial charge in [0.25, 0.3) is 0 Å². The molecule has 3 rings (SSSR count). The van der Waals surface area contributed by atoms with Crippen molar-refractivity contribution in [2.45, 2.75) is 57.9 Å². The maximum Gasteiger partial charge on any atom is 0.00788 e. The van der Waals surface area contributed by atoms with Gasteiger partial charge in [0.15, 0.2) is 0 Å². The van der Waals surface area contributed by atoms with Crippen LogP contribution >= 0.6 is 0 Å². The van der Waals surface area contributed by atoms with E-state index in [9.17, 15) is 0 Å². The second-order valence-electron chi connectivity index (χ2n) is 6.97. The lowest BCUT2D eigenvalue weighted by Gasteiger charge is -2.37. The SMILES string of the molecule is Cc1ccc(C2CC(NCC3CCC(C)C3)C2)cc1. The number of aryl methyl sites for hydroxylation is 1. The molecular weight excluding hydrogens is 230 g/mol. The summed E-state index contributed by atoms with van der Waals surface area (Å²) in [5.74, 6) is 2.72. The molecule has 2 aliphatic rings. The van der Waals surface area contributed by atoms with Gasteiger partial charge in [0.05, 0.1) is 0 Å². The van der Waals surface area contributed by atoms with Crippen LogP contribution in [-0.4, -0.2) is 12.6 Å². The first-order valence-electron chi connectivity index (χ1n) is 8.00. The second-order valence-corrected chi connectivity index (χ2v) is 6.97. The van der Waals surface area contributed by atoms with E-state index in [4.69, 9.17) is 0 Å². The van der Waals surface area contributed by atoms with Gasteiger partial charge < -0.3 is 5.32 Å². The van der Waals surface area contributed by atoms with Crippen molar-refractivity contribution >= 4 is 0 Å². The van der Waals surface area contributed by atoms with E-state index in [1.165, 1.54) is 49.8 Å². The lowest BCUT2D eigenvalue weighted by Crippen LogP contribution is -2.42. The van der Waals surface area contributed by atoms with Gasteiger partial charge in [0.1, 0.15) is 0 Å². The standard InChI is InChI=1S/C18H27N/c1-13-4-7-16(8-5-13)17-10-18(11-17)19-12-15-6-3-14(2)9-15/h4-5,7-8,14-15,17-19H,3,6,9-12H2,1-2H3. The van der Waals surface area contributed by atoms with Crippen molar-refractivity contribution in [2.24, 2.45) is 11.8 Å². The number of benzene rings is 1. The lowest BCUT2D eigenvalue weighted by molar-refractivity contribution is 0.275. The molecule has 2 unspecified atom stereocenters. The number of nitrogens with one attached hydrogen (secondary N) is 1. The Bertz CT molecular complexity index is 402. The summed E-state index contributed by atoms with van der Waals surface area (Å²) >= 11 is 0. The molecule has 0 spiro atoms. The van der Waals surface area contributed by atoms with Gasteiger partial charge in [-0.3, -0.25) is 0 Å². The van der Waals surface area contributed by atoms with Crippen LogP contribution in [0.1, 0.15) is 56.1 Å². The van der Waals surface area contributed by atoms with Crippen LogP contribution in [0, 0.1) is 18.8 Å². The van der Waals surface area contributed by atoms with Crippen LogP contribution < -0.4 is 5.32 Å². The summed E-state index contributed by atoms with van der Waals surface area (Å²) in [6.45, 7) is 5.82. The first-order valence-corrected chi connectivity index (χ1v) is 8.00. The fourth-order valence-corrected chi connectivity index (χ4v) is 3.74. The van der Waals surface area contributed by atoms with Gasteiger partial charge >= 0.3 is 0 Å². The molecule has 1 aromatic rings. The van der Waals surface area contributed by atoms with Gasteiger partial charge in [-0.1, -0.05) is 43.2 Å². The summed E-state index contributed by atoms with van der Waals surface area (Å²) in [5.41, 5.74) is 2.91. The van der Waals surface area contributed by atoms with Gasteiger partial charge in [0, 0.05) is 6.04 Å². The van der Waals surface area contributed by atoms with Crippen molar-refractivity contribution in [2.75, 3.05) is 6.54 Å². The highest BCUT2D eigenvalue weighted by atomic mass is 14.9. The molecule has 0 aliphatic heterocycles. The van der Waals surface area contributed by atoms with Crippen LogP contribution in [0.3, 0.4) is 0 Å². The molecule has 1 aromatic carbocycles. The molecule has 104 valence electrons. The average molecular weight is 257 g/mol. The van der Waals surface area contributed by atoms with Gasteiger partial charge in [-0.2, -0.15) is 0 Å². The molecule has 1 heteroatoms. The number of rotatable bonds is 4. The summed E-state index contributed by atoms with van der Waals surface area (Å²) in [5, 5.41) is 3.79. The zero-order chi connectivity index (χ0) is 13.2. The van der Waals surface area contributed by atoms with Crippen LogP contribution in [0.4, 0.5) is 0 Å². The predicted molar refractivity (Wildman–Crippen MR) is 81.4 cm³/mol. The Hall–Kier alpha value is -0.820. The second kappa shape index (κ2) is 5.66. The molecule has 0 saturated heterocycles. The summed E-state index contributed by atoms with van der Waals surface area (Å²) in [6.07, 6.45) is 7.02. The molecule has 0 radical (unpaired) electrons. The van der Waals surface area contributed by atoms with E-state index in [2.05, 4.69) is 43.4 Å². The van der Waals surface area contributed by atoms with E-state index in [0.29, 0.717) is 0 Å². The Kier molecular flexibility index (Phi) is 3.93. The molecular formula is C18H27N. The smallest absolute Gasteiger partial charge is 0.00788 e. The quantitative estimate of drug-likeness (QED) is 0.849. The van der Waals surface area contributed by atoms with Crippen molar-refractivity contribution < 1.29 is 0 Å². The van der Waals surface area contributed by atoms with Crippen LogP contribution in [0.2, 0.25) is 0 Å². The maximum atomic E-state index is 3.79. The van der Waals surface area contributed by atoms with E-state index in [1.54, 1.807) is 0 Å². The summed E-state index contributed by atoms with van der Waals surface area (Å²) in [6, 6.07) is 9.90. The molecule has 2 atom stereocenters. The average Bonchev–Trinajstić information content (AvgIpc) is 2.75. The number of hydrogen-bond acceptors (Lipinski definition) is 1. The number of hydrogen-bond donors (Lipinski definition) is 1. The van der Waals surface area contributed by atoms with Crippen molar-refractivity contribution in [1.82, 2.24) is 5.32 Å². The van der Waals surface area contributed by atoms with Crippen LogP contribution in [0.25, 0.3) is 0 Å². The van der Waals surface area contributed by atoms with E-state index in [0.717, 1.165) is 23.8 Å². The Morgan fingerprint density at radius 3 is 2.42 bits per heavy atom. The first-order chi connectivity index (χ1) is 9.20. The third kappa shape index (κ3) is 3.20. The Morgan fingerprint density at radius 2 is 1.79 bits per heavy atom. The highest BCUT2D eigenvalue weighted by Crippen LogP contribution is 2.37. The predicted octanol–water partition coefficient (Wildman–Crippen LogP) is 4.27. The van der Waals surface area contributed by atoms with Crippen LogP contribution in [-0.2, 0) is 0 Å². The topological polar surface area (TPSA) is 12.0 Å². The minimum atomic E-state index is 0.780. The lowest BCUT2D eigenvalue weighted by atomic mass is 9.75. The van der Waals surface area contributed by atoms with Crippen molar-refractivity contribution in [3.63, 3.8) is 0 Å². The van der Waals surface area contributed by atoms with Crippen molar-refractivity contribution in [3.8, 4) is 0 Å². The highest BCUT2D eigenvalue weighted by molar-refractivity contribution is 5.26. The zero-order valence-corrected chi connectivity index (χ0v) is 12.4. The fraction of sp³-hybridized carbons (Fsp3) is 0.667. The minimum Gasteiger partial charge on any atom is -0.314 e. The highest BCUT2D eigenvalue weighted by Gasteiger charge is 2.31. The molecule has 0 aromatic heterocycles. The van der Waals surface area contributed by atoms with Crippen molar-refractivity contribution in [1.29, 1.82) is 0 Å². The normalized spacial score (nSPS) is 34.2. The Balaban J connectivity index is 1.39. The third-order valence-electron chi connectivity index (χ3n) is 5.19. The van der Waals surface area contributed by atoms with Crippen LogP contribution in [0.15, 0.2) is 24.3 Å². The molecule has 2 aliphatic carbocycles. The molecule has 1 nitrogen and oxygen atoms in total.